The van der Waals surface area contributed by atoms with E-state index in [1.165, 1.54) is 6.42 Å². The molecule has 0 aromatic heterocycles. The highest BCUT2D eigenvalue weighted by atomic mass is 16.5. The zero-order valence-electron chi connectivity index (χ0n) is 15.9. The van der Waals surface area contributed by atoms with E-state index in [1.54, 1.807) is 26.0 Å². The molecule has 26 heavy (non-hydrogen) atoms. The van der Waals surface area contributed by atoms with Gasteiger partial charge in [0.25, 0.3) is 0 Å². The summed E-state index contributed by atoms with van der Waals surface area (Å²) < 4.78 is 5.34. The summed E-state index contributed by atoms with van der Waals surface area (Å²) >= 11 is 0. The number of nitrogens with zero attached hydrogens (tertiary/aromatic N) is 1. The van der Waals surface area contributed by atoms with Crippen molar-refractivity contribution in [1.82, 2.24) is 4.90 Å². The summed E-state index contributed by atoms with van der Waals surface area (Å²) in [6, 6.07) is 7.96. The number of carbonyl (C=O) groups is 2. The number of methoxy groups -OCH3 is 1. The molecular weight excluding hydrogens is 330 g/mol. The van der Waals surface area contributed by atoms with Gasteiger partial charge in [-0.25, -0.2) is 0 Å². The zero-order valence-corrected chi connectivity index (χ0v) is 15.9. The van der Waals surface area contributed by atoms with Crippen molar-refractivity contribution in [3.63, 3.8) is 0 Å². The number of fused-ring (bicyclic) bond motifs is 2. The molecule has 1 aromatic carbocycles. The summed E-state index contributed by atoms with van der Waals surface area (Å²) in [5.41, 5.74) is 0.715. The van der Waals surface area contributed by atoms with Crippen molar-refractivity contribution in [2.75, 3.05) is 20.7 Å². The third-order valence-electron chi connectivity index (χ3n) is 6.37. The SMILES string of the molecule is COc1cccc(CC2(C(=O)N(C)CC(C)C(=O)O)CC3CCC2C3)c1. The van der Waals surface area contributed by atoms with Gasteiger partial charge in [-0.15, -0.1) is 0 Å². The predicted molar refractivity (Wildman–Crippen MR) is 99.0 cm³/mol. The molecule has 0 spiro atoms. The molecule has 0 saturated heterocycles. The Morgan fingerprint density at radius 3 is 2.73 bits per heavy atom. The number of aliphatic carboxylic acids is 1. The van der Waals surface area contributed by atoms with Gasteiger partial charge >= 0.3 is 5.97 Å². The second-order valence-corrected chi connectivity index (χ2v) is 8.19. The molecule has 1 N–H and O–H groups in total. The molecule has 0 radical (unpaired) electrons. The van der Waals surface area contributed by atoms with Crippen molar-refractivity contribution in [2.45, 2.75) is 39.0 Å². The molecule has 1 amide bonds. The number of carbonyl (C=O) groups excluding carboxylic acids is 1. The lowest BCUT2D eigenvalue weighted by Crippen LogP contribution is -2.48. The number of hydrogen-bond donors (Lipinski definition) is 1. The Labute approximate surface area is 155 Å². The van der Waals surface area contributed by atoms with Gasteiger partial charge in [-0.1, -0.05) is 25.5 Å². The van der Waals surface area contributed by atoms with E-state index in [0.29, 0.717) is 18.3 Å². The zero-order chi connectivity index (χ0) is 18.9. The molecule has 2 saturated carbocycles. The highest BCUT2D eigenvalue weighted by molar-refractivity contribution is 5.84. The number of carboxylic acid groups (broad SMARTS) is 1. The summed E-state index contributed by atoms with van der Waals surface area (Å²) in [7, 11) is 3.40. The Morgan fingerprint density at radius 2 is 2.15 bits per heavy atom. The molecule has 2 aliphatic carbocycles. The monoisotopic (exact) mass is 359 g/mol. The summed E-state index contributed by atoms with van der Waals surface area (Å²) in [6.45, 7) is 1.91. The Hall–Kier alpha value is -2.04. The molecule has 5 nitrogen and oxygen atoms in total. The van der Waals surface area contributed by atoms with Crippen LogP contribution in [0.1, 0.15) is 38.2 Å². The first-order valence-electron chi connectivity index (χ1n) is 9.47. The number of amides is 1. The molecule has 0 aliphatic heterocycles. The maximum absolute atomic E-state index is 13.5. The van der Waals surface area contributed by atoms with E-state index in [2.05, 4.69) is 6.07 Å². The van der Waals surface area contributed by atoms with E-state index in [4.69, 9.17) is 4.74 Å². The van der Waals surface area contributed by atoms with Gasteiger partial charge < -0.3 is 14.7 Å². The number of rotatable bonds is 7. The summed E-state index contributed by atoms with van der Waals surface area (Å²) in [4.78, 5) is 26.3. The van der Waals surface area contributed by atoms with Crippen LogP contribution < -0.4 is 4.74 Å². The Balaban J connectivity index is 1.85. The van der Waals surface area contributed by atoms with Crippen LogP contribution in [0, 0.1) is 23.2 Å². The average Bonchev–Trinajstić information content (AvgIpc) is 3.22. The van der Waals surface area contributed by atoms with Gasteiger partial charge in [-0.05, 0) is 55.2 Å². The Kier molecular flexibility index (Phi) is 5.26. The van der Waals surface area contributed by atoms with E-state index in [9.17, 15) is 14.7 Å². The lowest BCUT2D eigenvalue weighted by atomic mass is 9.68. The summed E-state index contributed by atoms with van der Waals surface area (Å²) in [6.07, 6.45) is 5.06. The average molecular weight is 359 g/mol. The molecule has 142 valence electrons. The van der Waals surface area contributed by atoms with Crippen LogP contribution in [0.5, 0.6) is 5.75 Å². The molecule has 4 atom stereocenters. The normalized spacial score (nSPS) is 28.0. The largest absolute Gasteiger partial charge is 0.497 e. The first-order chi connectivity index (χ1) is 12.4. The number of ether oxygens (including phenoxy) is 1. The van der Waals surface area contributed by atoms with Gasteiger partial charge in [0.05, 0.1) is 18.4 Å². The van der Waals surface area contributed by atoms with Gasteiger partial charge in [0.15, 0.2) is 0 Å². The van der Waals surface area contributed by atoms with E-state index in [1.807, 2.05) is 18.2 Å². The second kappa shape index (κ2) is 7.29. The topological polar surface area (TPSA) is 66.8 Å². The van der Waals surface area contributed by atoms with Crippen molar-refractivity contribution in [3.8, 4) is 5.75 Å². The molecule has 1 aromatic rings. The van der Waals surface area contributed by atoms with Crippen molar-refractivity contribution < 1.29 is 19.4 Å². The minimum atomic E-state index is -0.862. The van der Waals surface area contributed by atoms with Crippen LogP contribution >= 0.6 is 0 Å². The van der Waals surface area contributed by atoms with Crippen molar-refractivity contribution >= 4 is 11.9 Å². The number of benzene rings is 1. The van der Waals surface area contributed by atoms with E-state index in [-0.39, 0.29) is 12.5 Å². The number of hydrogen-bond acceptors (Lipinski definition) is 3. The van der Waals surface area contributed by atoms with Crippen LogP contribution in [-0.2, 0) is 16.0 Å². The van der Waals surface area contributed by atoms with Gasteiger partial charge in [-0.3, -0.25) is 9.59 Å². The van der Waals surface area contributed by atoms with E-state index < -0.39 is 17.3 Å². The predicted octanol–water partition coefficient (Wildman–Crippen LogP) is 3.22. The fraction of sp³-hybridized carbons (Fsp3) is 0.619. The molecule has 2 aliphatic rings. The molecule has 2 bridgehead atoms. The van der Waals surface area contributed by atoms with Gasteiger partial charge in [-0.2, -0.15) is 0 Å². The van der Waals surface area contributed by atoms with Gasteiger partial charge in [0.2, 0.25) is 5.91 Å². The van der Waals surface area contributed by atoms with E-state index in [0.717, 1.165) is 30.6 Å². The highest BCUT2D eigenvalue weighted by Gasteiger charge is 2.56. The first kappa shape index (κ1) is 18.7. The highest BCUT2D eigenvalue weighted by Crippen LogP contribution is 2.58. The molecule has 5 heteroatoms. The van der Waals surface area contributed by atoms with Crippen LogP contribution in [-0.4, -0.2) is 42.6 Å². The summed E-state index contributed by atoms with van der Waals surface area (Å²) in [5.74, 6) is 0.520. The van der Waals surface area contributed by atoms with Crippen molar-refractivity contribution in [2.24, 2.45) is 23.2 Å². The molecular formula is C21H29NO4. The van der Waals surface area contributed by atoms with Crippen LogP contribution in [0.4, 0.5) is 0 Å². The van der Waals surface area contributed by atoms with Crippen LogP contribution in [0.3, 0.4) is 0 Å². The summed E-state index contributed by atoms with van der Waals surface area (Å²) in [5, 5.41) is 9.19. The first-order valence-corrected chi connectivity index (χ1v) is 9.47. The quantitative estimate of drug-likeness (QED) is 0.812. The second-order valence-electron chi connectivity index (χ2n) is 8.19. The van der Waals surface area contributed by atoms with Crippen LogP contribution in [0.2, 0.25) is 0 Å². The number of carboxylic acids is 1. The molecule has 3 rings (SSSR count). The fourth-order valence-corrected chi connectivity index (χ4v) is 5.10. The fourth-order valence-electron chi connectivity index (χ4n) is 5.10. The standard InChI is InChI=1S/C21H29NO4/c1-14(19(23)24)13-22(2)20(25)21(12-16-7-8-17(21)9-16)11-15-5-4-6-18(10-15)26-3/h4-6,10,14,16-17H,7-9,11-13H2,1-3H3,(H,23,24). The lowest BCUT2D eigenvalue weighted by Gasteiger charge is -2.40. The third kappa shape index (κ3) is 3.44. The van der Waals surface area contributed by atoms with Crippen molar-refractivity contribution in [1.29, 1.82) is 0 Å². The molecule has 0 heterocycles. The maximum atomic E-state index is 13.5. The van der Waals surface area contributed by atoms with Crippen molar-refractivity contribution in [3.05, 3.63) is 29.8 Å². The maximum Gasteiger partial charge on any atom is 0.308 e. The lowest BCUT2D eigenvalue weighted by molar-refractivity contribution is -0.147. The van der Waals surface area contributed by atoms with Crippen LogP contribution in [0.15, 0.2) is 24.3 Å². The Bertz CT molecular complexity index is 688. The van der Waals surface area contributed by atoms with Gasteiger partial charge in [0.1, 0.15) is 5.75 Å². The Morgan fingerprint density at radius 1 is 1.38 bits per heavy atom. The van der Waals surface area contributed by atoms with Gasteiger partial charge in [0, 0.05) is 13.6 Å². The molecule has 4 unspecified atom stereocenters. The van der Waals surface area contributed by atoms with E-state index >= 15 is 0 Å². The minimum Gasteiger partial charge on any atom is -0.497 e. The third-order valence-corrected chi connectivity index (χ3v) is 6.37. The smallest absolute Gasteiger partial charge is 0.308 e. The van der Waals surface area contributed by atoms with Crippen LogP contribution in [0.25, 0.3) is 0 Å². The molecule has 2 fully saturated rings. The minimum absolute atomic E-state index is 0.112.